The van der Waals surface area contributed by atoms with Crippen molar-refractivity contribution in [3.8, 4) is 0 Å². The van der Waals surface area contributed by atoms with E-state index in [0.29, 0.717) is 0 Å². The van der Waals surface area contributed by atoms with Gasteiger partial charge in [0.25, 0.3) is 0 Å². The number of carbonyl (C=O) groups is 2. The van der Waals surface area contributed by atoms with E-state index in [2.05, 4.69) is 0 Å². The van der Waals surface area contributed by atoms with Gasteiger partial charge in [0.15, 0.2) is 6.10 Å². The number of aliphatic hydroxyl groups is 3. The summed E-state index contributed by atoms with van der Waals surface area (Å²) in [6, 6.07) is 0. The highest BCUT2D eigenvalue weighted by Gasteiger charge is 2.83. The number of rotatable bonds is 0. The molecule has 0 amide bonds. The summed E-state index contributed by atoms with van der Waals surface area (Å²) in [6.45, 7) is 5.41. The zero-order valence-corrected chi connectivity index (χ0v) is 15.0. The molecule has 7 nitrogen and oxygen atoms in total. The smallest absolute Gasteiger partial charge is 0.313 e. The van der Waals surface area contributed by atoms with Gasteiger partial charge in [0.05, 0.1) is 30.3 Å². The Hall–Kier alpha value is -1.28. The van der Waals surface area contributed by atoms with Crippen molar-refractivity contribution in [3.05, 3.63) is 11.6 Å². The Morgan fingerprint density at radius 3 is 2.58 bits per heavy atom. The Morgan fingerprint density at radius 2 is 1.88 bits per heavy atom. The van der Waals surface area contributed by atoms with Crippen LogP contribution in [0.25, 0.3) is 0 Å². The first-order chi connectivity index (χ1) is 12.1. The van der Waals surface area contributed by atoms with E-state index in [1.54, 1.807) is 13.0 Å². The van der Waals surface area contributed by atoms with Gasteiger partial charge in [-0.15, -0.1) is 0 Å². The Balaban J connectivity index is 1.77. The van der Waals surface area contributed by atoms with Crippen LogP contribution >= 0.6 is 0 Å². The molecule has 1 spiro atoms. The van der Waals surface area contributed by atoms with E-state index in [1.165, 1.54) is 0 Å². The molecule has 3 N–H and O–H groups in total. The average molecular weight is 364 g/mol. The van der Waals surface area contributed by atoms with Gasteiger partial charge < -0.3 is 24.8 Å². The lowest BCUT2D eigenvalue weighted by molar-refractivity contribution is -0.214. The largest absolute Gasteiger partial charge is 0.456 e. The first-order valence-corrected chi connectivity index (χ1v) is 9.20. The van der Waals surface area contributed by atoms with Crippen LogP contribution < -0.4 is 0 Å². The van der Waals surface area contributed by atoms with Gasteiger partial charge in [0.1, 0.15) is 17.3 Å². The molecule has 0 aromatic carbocycles. The van der Waals surface area contributed by atoms with Crippen LogP contribution in [-0.4, -0.2) is 63.7 Å². The lowest BCUT2D eigenvalue weighted by atomic mass is 9.40. The fourth-order valence-corrected chi connectivity index (χ4v) is 7.15. The van der Waals surface area contributed by atoms with Gasteiger partial charge in [-0.05, 0) is 19.8 Å². The van der Waals surface area contributed by atoms with E-state index in [9.17, 15) is 24.9 Å². The van der Waals surface area contributed by atoms with Gasteiger partial charge in [-0.1, -0.05) is 18.6 Å². The third-order valence-corrected chi connectivity index (χ3v) is 8.23. The standard InChI is InChI=1S/C19H24O7/c1-7-4-9(20)14(23)17(2)8(7)5-10(21)19-6-25-18(3)13(19)16(24)26-15(18)11(22)12(17)19/h4,8-9,11-15,20,22-23H,5-6H2,1-3H3/t8-,9+,11-,12-,13+,14-,15+,17+,18+,19-/m1/s1. The highest BCUT2D eigenvalue weighted by molar-refractivity contribution is 5.95. The van der Waals surface area contributed by atoms with Crippen molar-refractivity contribution >= 4 is 11.8 Å². The Kier molecular flexibility index (Phi) is 2.97. The minimum Gasteiger partial charge on any atom is -0.456 e. The lowest BCUT2D eigenvalue weighted by Crippen LogP contribution is -2.72. The number of allylic oxidation sites excluding steroid dienone is 1. The van der Waals surface area contributed by atoms with Crippen molar-refractivity contribution < 1.29 is 34.4 Å². The molecule has 7 heteroatoms. The van der Waals surface area contributed by atoms with Crippen LogP contribution in [-0.2, 0) is 19.1 Å². The molecular weight excluding hydrogens is 340 g/mol. The Bertz CT molecular complexity index is 761. The number of ketones is 1. The summed E-state index contributed by atoms with van der Waals surface area (Å²) in [5, 5.41) is 32.6. The summed E-state index contributed by atoms with van der Waals surface area (Å²) < 4.78 is 11.4. The number of carbonyl (C=O) groups excluding carboxylic acids is 2. The summed E-state index contributed by atoms with van der Waals surface area (Å²) in [4.78, 5) is 26.0. The summed E-state index contributed by atoms with van der Waals surface area (Å²) in [7, 11) is 0. The zero-order chi connectivity index (χ0) is 18.8. The third-order valence-electron chi connectivity index (χ3n) is 8.23. The van der Waals surface area contributed by atoms with Crippen molar-refractivity contribution in [2.75, 3.05) is 6.61 Å². The Labute approximate surface area is 151 Å². The molecule has 2 aliphatic heterocycles. The molecule has 26 heavy (non-hydrogen) atoms. The van der Waals surface area contributed by atoms with Crippen molar-refractivity contribution in [2.24, 2.45) is 28.6 Å². The van der Waals surface area contributed by atoms with Gasteiger partial charge in [0, 0.05) is 17.8 Å². The minimum absolute atomic E-state index is 0.0359. The molecule has 2 saturated heterocycles. The quantitative estimate of drug-likeness (QED) is 0.395. The second-order valence-electron chi connectivity index (χ2n) is 9.16. The number of aliphatic hydroxyl groups excluding tert-OH is 3. The topological polar surface area (TPSA) is 113 Å². The first-order valence-electron chi connectivity index (χ1n) is 9.20. The van der Waals surface area contributed by atoms with Gasteiger partial charge in [-0.3, -0.25) is 9.59 Å². The fraction of sp³-hybridized carbons (Fsp3) is 0.789. The number of Topliss-reactive ketones (excluding diaryl/α,β-unsaturated/α-hetero) is 1. The predicted molar refractivity (Wildman–Crippen MR) is 86.6 cm³/mol. The lowest BCUT2D eigenvalue weighted by Gasteiger charge is -2.62. The molecule has 5 aliphatic rings. The minimum atomic E-state index is -1.22. The van der Waals surface area contributed by atoms with E-state index in [4.69, 9.17) is 9.47 Å². The molecule has 0 unspecified atom stereocenters. The molecule has 10 atom stereocenters. The molecule has 0 radical (unpaired) electrons. The molecule has 5 rings (SSSR count). The summed E-state index contributed by atoms with van der Waals surface area (Å²) in [6.07, 6.45) is -2.52. The SMILES string of the molecule is CC1=C[C@H](O)[C@@H](O)[C@@]2(C)[C@@H]1CC(=O)[C@@]13CO[C@]4(C)[C@@H](OC(=O)[C@@H]41)[C@H](O)[C@@H]32. The molecule has 142 valence electrons. The monoisotopic (exact) mass is 364 g/mol. The van der Waals surface area contributed by atoms with Crippen LogP contribution in [0, 0.1) is 28.6 Å². The average Bonchev–Trinajstić information content (AvgIpc) is 2.94. The van der Waals surface area contributed by atoms with Gasteiger partial charge in [-0.25, -0.2) is 0 Å². The van der Waals surface area contributed by atoms with E-state index >= 15 is 0 Å². The first kappa shape index (κ1) is 16.9. The second kappa shape index (κ2) is 4.58. The maximum atomic E-state index is 13.4. The zero-order valence-electron chi connectivity index (χ0n) is 15.0. The molecular formula is C19H24O7. The third kappa shape index (κ3) is 1.46. The molecule has 4 bridgehead atoms. The van der Waals surface area contributed by atoms with Crippen LogP contribution in [0.4, 0.5) is 0 Å². The molecule has 0 aromatic rings. The number of ether oxygens (including phenoxy) is 2. The van der Waals surface area contributed by atoms with Gasteiger partial charge in [-0.2, -0.15) is 0 Å². The van der Waals surface area contributed by atoms with E-state index in [0.717, 1.165) is 5.57 Å². The summed E-state index contributed by atoms with van der Waals surface area (Å²) in [5.74, 6) is -2.45. The number of esters is 1. The fourth-order valence-electron chi connectivity index (χ4n) is 7.15. The highest BCUT2D eigenvalue weighted by Crippen LogP contribution is 2.71. The van der Waals surface area contributed by atoms with Crippen LogP contribution in [0.5, 0.6) is 0 Å². The van der Waals surface area contributed by atoms with Crippen molar-refractivity contribution in [1.29, 1.82) is 0 Å². The van der Waals surface area contributed by atoms with Crippen LogP contribution in [0.1, 0.15) is 27.2 Å². The number of fused-ring (bicyclic) bond motifs is 2. The number of hydrogen-bond acceptors (Lipinski definition) is 7. The summed E-state index contributed by atoms with van der Waals surface area (Å²) in [5.41, 5.74) is -2.39. The van der Waals surface area contributed by atoms with E-state index in [-0.39, 0.29) is 24.7 Å². The van der Waals surface area contributed by atoms with Gasteiger partial charge in [0.2, 0.25) is 0 Å². The van der Waals surface area contributed by atoms with Crippen LogP contribution in [0.15, 0.2) is 11.6 Å². The molecule has 4 fully saturated rings. The maximum Gasteiger partial charge on any atom is 0.313 e. The van der Waals surface area contributed by atoms with Crippen LogP contribution in [0.2, 0.25) is 0 Å². The molecule has 2 heterocycles. The highest BCUT2D eigenvalue weighted by atomic mass is 16.6. The van der Waals surface area contributed by atoms with Crippen LogP contribution in [0.3, 0.4) is 0 Å². The second-order valence-corrected chi connectivity index (χ2v) is 9.16. The van der Waals surface area contributed by atoms with Crippen molar-refractivity contribution in [3.63, 3.8) is 0 Å². The predicted octanol–water partition coefficient (Wildman–Crippen LogP) is -0.429. The molecule has 3 aliphatic carbocycles. The maximum absolute atomic E-state index is 13.4. The molecule has 0 aromatic heterocycles. The number of hydrogen-bond donors (Lipinski definition) is 3. The Morgan fingerprint density at radius 1 is 1.19 bits per heavy atom. The van der Waals surface area contributed by atoms with Gasteiger partial charge >= 0.3 is 5.97 Å². The summed E-state index contributed by atoms with van der Waals surface area (Å²) >= 11 is 0. The molecule has 2 saturated carbocycles. The van der Waals surface area contributed by atoms with E-state index < -0.39 is 58.7 Å². The van der Waals surface area contributed by atoms with E-state index in [1.807, 2.05) is 13.8 Å². The van der Waals surface area contributed by atoms with Crippen molar-refractivity contribution in [2.45, 2.75) is 57.2 Å². The normalized spacial score (nSPS) is 60.2. The van der Waals surface area contributed by atoms with Crippen molar-refractivity contribution in [1.82, 2.24) is 0 Å².